The van der Waals surface area contributed by atoms with Gasteiger partial charge in [0, 0.05) is 6.42 Å². The monoisotopic (exact) mass is 265 g/mol. The maximum atomic E-state index is 11.6. The van der Waals surface area contributed by atoms with Crippen LogP contribution in [0.2, 0.25) is 0 Å². The Balaban J connectivity index is 2.54. The number of aliphatic carboxylic acids is 1. The van der Waals surface area contributed by atoms with Crippen molar-refractivity contribution in [3.63, 3.8) is 0 Å². The van der Waals surface area contributed by atoms with E-state index in [9.17, 15) is 9.59 Å². The van der Waals surface area contributed by atoms with E-state index >= 15 is 0 Å². The minimum absolute atomic E-state index is 0.0665. The third-order valence-corrected chi connectivity index (χ3v) is 2.46. The summed E-state index contributed by atoms with van der Waals surface area (Å²) in [5.41, 5.74) is 0.861. The smallest absolute Gasteiger partial charge is 0.326 e. The summed E-state index contributed by atoms with van der Waals surface area (Å²) in [6.07, 6.45) is 0.187. The number of hydrogen-bond acceptors (Lipinski definition) is 3. The van der Waals surface area contributed by atoms with E-state index in [0.717, 1.165) is 5.56 Å². The van der Waals surface area contributed by atoms with Crippen molar-refractivity contribution in [2.45, 2.75) is 32.4 Å². The van der Waals surface area contributed by atoms with E-state index in [1.54, 1.807) is 0 Å². The predicted molar refractivity (Wildman–Crippen MR) is 70.8 cm³/mol. The van der Waals surface area contributed by atoms with Crippen LogP contribution in [0.5, 0.6) is 0 Å². The molecule has 104 valence electrons. The van der Waals surface area contributed by atoms with Gasteiger partial charge in [-0.25, -0.2) is 4.79 Å². The van der Waals surface area contributed by atoms with Gasteiger partial charge in [-0.05, 0) is 19.4 Å². The van der Waals surface area contributed by atoms with Crippen molar-refractivity contribution in [3.8, 4) is 0 Å². The van der Waals surface area contributed by atoms with E-state index in [4.69, 9.17) is 9.84 Å². The first-order valence-electron chi connectivity index (χ1n) is 6.16. The van der Waals surface area contributed by atoms with Crippen LogP contribution in [0.3, 0.4) is 0 Å². The summed E-state index contributed by atoms with van der Waals surface area (Å²) in [7, 11) is 0. The Kier molecular flexibility index (Phi) is 6.02. The van der Waals surface area contributed by atoms with Crippen molar-refractivity contribution < 1.29 is 19.4 Å². The average Bonchev–Trinajstić information content (AvgIpc) is 2.36. The number of nitrogens with one attached hydrogen (secondary N) is 1. The zero-order valence-electron chi connectivity index (χ0n) is 11.1. The minimum Gasteiger partial charge on any atom is -0.480 e. The molecule has 0 aliphatic carbocycles. The Labute approximate surface area is 112 Å². The standard InChI is InChI=1S/C14H19NO4/c1-10(2)19-9-13(16)15-12(14(17)18)8-11-6-4-3-5-7-11/h3-7,10,12H,8-9H2,1-2H3,(H,15,16)(H,17,18)/t12-/m0/s1. The van der Waals surface area contributed by atoms with Crippen molar-refractivity contribution in [2.24, 2.45) is 0 Å². The minimum atomic E-state index is -1.05. The molecular weight excluding hydrogens is 246 g/mol. The molecule has 0 fully saturated rings. The van der Waals surface area contributed by atoms with Gasteiger partial charge >= 0.3 is 5.97 Å². The van der Waals surface area contributed by atoms with Gasteiger partial charge in [-0.3, -0.25) is 4.79 Å². The number of carboxylic acid groups (broad SMARTS) is 1. The van der Waals surface area contributed by atoms with E-state index in [1.807, 2.05) is 44.2 Å². The van der Waals surface area contributed by atoms with Gasteiger partial charge in [-0.1, -0.05) is 30.3 Å². The highest BCUT2D eigenvalue weighted by atomic mass is 16.5. The third-order valence-electron chi connectivity index (χ3n) is 2.46. The molecular formula is C14H19NO4. The number of carboxylic acids is 1. The van der Waals surface area contributed by atoms with Gasteiger partial charge in [0.15, 0.2) is 0 Å². The van der Waals surface area contributed by atoms with Crippen LogP contribution in [0.25, 0.3) is 0 Å². The summed E-state index contributed by atoms with van der Waals surface area (Å²) in [5.74, 6) is -1.47. The summed E-state index contributed by atoms with van der Waals surface area (Å²) >= 11 is 0. The number of carbonyl (C=O) groups excluding carboxylic acids is 1. The number of ether oxygens (including phenoxy) is 1. The van der Waals surface area contributed by atoms with E-state index < -0.39 is 17.9 Å². The normalized spacial score (nSPS) is 12.2. The van der Waals surface area contributed by atoms with Crippen molar-refractivity contribution in [1.29, 1.82) is 0 Å². The first-order valence-corrected chi connectivity index (χ1v) is 6.16. The second-order valence-corrected chi connectivity index (χ2v) is 4.51. The Morgan fingerprint density at radius 2 is 1.89 bits per heavy atom. The van der Waals surface area contributed by atoms with Crippen molar-refractivity contribution in [3.05, 3.63) is 35.9 Å². The van der Waals surface area contributed by atoms with Crippen LogP contribution >= 0.6 is 0 Å². The quantitative estimate of drug-likeness (QED) is 0.777. The lowest BCUT2D eigenvalue weighted by molar-refractivity contribution is -0.142. The summed E-state index contributed by atoms with van der Waals surface area (Å²) in [6.45, 7) is 3.49. The maximum absolute atomic E-state index is 11.6. The van der Waals surface area contributed by atoms with Gasteiger partial charge in [-0.2, -0.15) is 0 Å². The van der Waals surface area contributed by atoms with Gasteiger partial charge < -0.3 is 15.2 Å². The highest BCUT2D eigenvalue weighted by Crippen LogP contribution is 2.03. The molecule has 0 aromatic heterocycles. The molecule has 19 heavy (non-hydrogen) atoms. The van der Waals surface area contributed by atoms with Crippen LogP contribution in [-0.4, -0.2) is 35.7 Å². The maximum Gasteiger partial charge on any atom is 0.326 e. The summed E-state index contributed by atoms with van der Waals surface area (Å²) in [5, 5.41) is 11.6. The molecule has 5 nitrogen and oxygen atoms in total. The highest BCUT2D eigenvalue weighted by Gasteiger charge is 2.20. The predicted octanol–water partition coefficient (Wildman–Crippen LogP) is 1.22. The molecule has 1 aromatic rings. The largest absolute Gasteiger partial charge is 0.480 e. The van der Waals surface area contributed by atoms with Crippen LogP contribution in [0.15, 0.2) is 30.3 Å². The first kappa shape index (κ1) is 15.2. The number of hydrogen-bond donors (Lipinski definition) is 2. The molecule has 1 atom stereocenters. The number of rotatable bonds is 7. The fourth-order valence-corrected chi connectivity index (χ4v) is 1.53. The second-order valence-electron chi connectivity index (χ2n) is 4.51. The second kappa shape index (κ2) is 7.53. The molecule has 0 unspecified atom stereocenters. The van der Waals surface area contributed by atoms with Crippen molar-refractivity contribution in [2.75, 3.05) is 6.61 Å². The van der Waals surface area contributed by atoms with E-state index in [0.29, 0.717) is 0 Å². The number of benzene rings is 1. The summed E-state index contributed by atoms with van der Waals surface area (Å²) in [4.78, 5) is 22.7. The molecule has 5 heteroatoms. The lowest BCUT2D eigenvalue weighted by Gasteiger charge is -2.15. The van der Waals surface area contributed by atoms with Crippen LogP contribution in [-0.2, 0) is 20.7 Å². The zero-order chi connectivity index (χ0) is 14.3. The summed E-state index contributed by atoms with van der Waals surface area (Å²) < 4.78 is 5.13. The molecule has 0 aliphatic rings. The molecule has 0 radical (unpaired) electrons. The first-order chi connectivity index (χ1) is 8.99. The molecule has 0 spiro atoms. The lowest BCUT2D eigenvalue weighted by Crippen LogP contribution is -2.44. The molecule has 1 rings (SSSR count). The Morgan fingerprint density at radius 3 is 2.42 bits per heavy atom. The van der Waals surface area contributed by atoms with Gasteiger partial charge in [0.25, 0.3) is 0 Å². The molecule has 0 aliphatic heterocycles. The molecule has 0 heterocycles. The Hall–Kier alpha value is -1.88. The van der Waals surface area contributed by atoms with Gasteiger partial charge in [0.05, 0.1) is 6.10 Å². The zero-order valence-corrected chi connectivity index (χ0v) is 11.1. The SMILES string of the molecule is CC(C)OCC(=O)N[C@@H](Cc1ccccc1)C(=O)O. The van der Waals surface area contributed by atoms with E-state index in [1.165, 1.54) is 0 Å². The molecule has 0 saturated heterocycles. The molecule has 0 saturated carbocycles. The highest BCUT2D eigenvalue weighted by molar-refractivity contribution is 5.84. The van der Waals surface area contributed by atoms with Crippen molar-refractivity contribution >= 4 is 11.9 Å². The van der Waals surface area contributed by atoms with Crippen LogP contribution in [0.4, 0.5) is 0 Å². The van der Waals surface area contributed by atoms with Crippen molar-refractivity contribution in [1.82, 2.24) is 5.32 Å². The molecule has 2 N–H and O–H groups in total. The third kappa shape index (κ3) is 6.01. The number of carbonyl (C=O) groups is 2. The van der Waals surface area contributed by atoms with Gasteiger partial charge in [0.1, 0.15) is 12.6 Å². The Bertz CT molecular complexity index is 417. The van der Waals surface area contributed by atoms with E-state index in [2.05, 4.69) is 5.32 Å². The summed E-state index contributed by atoms with van der Waals surface area (Å²) in [6, 6.07) is 8.23. The fourth-order valence-electron chi connectivity index (χ4n) is 1.53. The topological polar surface area (TPSA) is 75.6 Å². The molecule has 1 aromatic carbocycles. The van der Waals surface area contributed by atoms with Gasteiger partial charge in [-0.15, -0.1) is 0 Å². The average molecular weight is 265 g/mol. The Morgan fingerprint density at radius 1 is 1.26 bits per heavy atom. The van der Waals surface area contributed by atoms with Crippen LogP contribution in [0.1, 0.15) is 19.4 Å². The fraction of sp³-hybridized carbons (Fsp3) is 0.429. The number of amides is 1. The van der Waals surface area contributed by atoms with Crippen LogP contribution in [0, 0.1) is 0 Å². The van der Waals surface area contributed by atoms with Gasteiger partial charge in [0.2, 0.25) is 5.91 Å². The molecule has 0 bridgehead atoms. The lowest BCUT2D eigenvalue weighted by atomic mass is 10.1. The van der Waals surface area contributed by atoms with Crippen LogP contribution < -0.4 is 5.32 Å². The van der Waals surface area contributed by atoms with E-state index in [-0.39, 0.29) is 19.1 Å². The molecule has 1 amide bonds.